The van der Waals surface area contributed by atoms with E-state index in [0.29, 0.717) is 36.7 Å². The predicted octanol–water partition coefficient (Wildman–Crippen LogP) is 9.19. The van der Waals surface area contributed by atoms with Crippen molar-refractivity contribution in [2.24, 2.45) is 0 Å². The maximum absolute atomic E-state index is 12.7. The van der Waals surface area contributed by atoms with Gasteiger partial charge in [-0.1, -0.05) is 75.8 Å². The van der Waals surface area contributed by atoms with E-state index >= 15 is 0 Å². The highest BCUT2D eigenvalue weighted by Crippen LogP contribution is 2.26. The van der Waals surface area contributed by atoms with Gasteiger partial charge in [0, 0.05) is 29.7 Å². The van der Waals surface area contributed by atoms with Crippen LogP contribution in [-0.2, 0) is 24.1 Å². The number of alkyl halides is 3. The summed E-state index contributed by atoms with van der Waals surface area (Å²) in [7, 11) is 0. The largest absolute Gasteiger partial charge is 0.573 e. The van der Waals surface area contributed by atoms with Crippen molar-refractivity contribution in [3.8, 4) is 22.8 Å². The van der Waals surface area contributed by atoms with E-state index in [1.54, 1.807) is 0 Å². The third kappa shape index (κ3) is 9.58. The van der Waals surface area contributed by atoms with Crippen molar-refractivity contribution in [3.05, 3.63) is 95.3 Å². The first-order valence-electron chi connectivity index (χ1n) is 15.0. The summed E-state index contributed by atoms with van der Waals surface area (Å²) in [6, 6.07) is 19.9. The van der Waals surface area contributed by atoms with Crippen LogP contribution in [0.15, 0.2) is 73.1 Å². The van der Waals surface area contributed by atoms with E-state index in [2.05, 4.69) is 59.9 Å². The molecule has 0 saturated carbocycles. The van der Waals surface area contributed by atoms with Gasteiger partial charge in [-0.2, -0.15) is 0 Å². The molecular formula is C35H38F3N3O2S. The average molecular weight is 622 g/mol. The number of halogens is 3. The maximum Gasteiger partial charge on any atom is 0.573 e. The monoisotopic (exact) mass is 621 g/mol. The normalized spacial score (nSPS) is 11.6. The van der Waals surface area contributed by atoms with Crippen LogP contribution in [0.2, 0.25) is 0 Å². The summed E-state index contributed by atoms with van der Waals surface area (Å²) in [5, 5.41) is 4.49. The van der Waals surface area contributed by atoms with Gasteiger partial charge >= 0.3 is 6.36 Å². The Morgan fingerprint density at radius 3 is 2.45 bits per heavy atom. The molecule has 0 fully saturated rings. The Morgan fingerprint density at radius 1 is 1.00 bits per heavy atom. The van der Waals surface area contributed by atoms with Crippen LogP contribution >= 0.6 is 12.2 Å². The number of unbranched alkanes of at least 4 members (excludes halogenated alkanes) is 2. The van der Waals surface area contributed by atoms with Crippen LogP contribution in [0, 0.1) is 0 Å². The summed E-state index contributed by atoms with van der Waals surface area (Å²) >= 11 is 5.66. The molecule has 0 aliphatic rings. The Labute approximate surface area is 262 Å². The molecule has 44 heavy (non-hydrogen) atoms. The van der Waals surface area contributed by atoms with Crippen LogP contribution in [0.25, 0.3) is 17.1 Å². The summed E-state index contributed by atoms with van der Waals surface area (Å²) in [5.74, 6) is 0.851. The highest BCUT2D eigenvalue weighted by atomic mass is 32.1. The molecule has 4 aromatic rings. The highest BCUT2D eigenvalue weighted by molar-refractivity contribution is 7.80. The van der Waals surface area contributed by atoms with E-state index in [-0.39, 0.29) is 11.5 Å². The van der Waals surface area contributed by atoms with E-state index in [0.717, 1.165) is 48.1 Å². The molecular weight excluding hydrogens is 583 g/mol. The molecule has 1 aromatic heterocycles. The Bertz CT molecular complexity index is 1560. The molecule has 0 N–H and O–H groups in total. The minimum atomic E-state index is -4.74. The highest BCUT2D eigenvalue weighted by Gasteiger charge is 2.31. The molecule has 3 aromatic carbocycles. The minimum Gasteiger partial charge on any atom is -0.406 e. The SMILES string of the molecule is CCc1cccc(C(C)C)c1CC(=S)CC(=O)CCCCCc1cccc(-c2ncn(-c3ccc(OC(F)(F)F)cc3)n2)c1. The fraction of sp³-hybridized carbons (Fsp3) is 0.371. The smallest absolute Gasteiger partial charge is 0.406 e. The van der Waals surface area contributed by atoms with Crippen LogP contribution in [0.5, 0.6) is 5.75 Å². The van der Waals surface area contributed by atoms with Crippen molar-refractivity contribution in [2.75, 3.05) is 0 Å². The molecule has 0 aliphatic heterocycles. The second kappa shape index (κ2) is 15.2. The minimum absolute atomic E-state index is 0.209. The van der Waals surface area contributed by atoms with Gasteiger partial charge in [0.1, 0.15) is 17.9 Å². The quantitative estimate of drug-likeness (QED) is 0.0979. The van der Waals surface area contributed by atoms with Crippen molar-refractivity contribution in [1.82, 2.24) is 14.8 Å². The number of rotatable bonds is 15. The molecule has 0 spiro atoms. The Morgan fingerprint density at radius 2 is 1.75 bits per heavy atom. The lowest BCUT2D eigenvalue weighted by molar-refractivity contribution is -0.274. The molecule has 0 radical (unpaired) electrons. The molecule has 0 bridgehead atoms. The van der Waals surface area contributed by atoms with Gasteiger partial charge in [0.25, 0.3) is 0 Å². The maximum atomic E-state index is 12.7. The van der Waals surface area contributed by atoms with Gasteiger partial charge in [0.15, 0.2) is 5.82 Å². The lowest BCUT2D eigenvalue weighted by Crippen LogP contribution is -2.17. The lowest BCUT2D eigenvalue weighted by atomic mass is 9.89. The zero-order chi connectivity index (χ0) is 31.7. The Kier molecular flexibility index (Phi) is 11.4. The third-order valence-electron chi connectivity index (χ3n) is 7.51. The van der Waals surface area contributed by atoms with Crippen molar-refractivity contribution >= 4 is 22.9 Å². The summed E-state index contributed by atoms with van der Waals surface area (Å²) in [6.07, 6.45) is 2.93. The van der Waals surface area contributed by atoms with E-state index < -0.39 is 6.36 Å². The fourth-order valence-electron chi connectivity index (χ4n) is 5.32. The van der Waals surface area contributed by atoms with Crippen molar-refractivity contribution < 1.29 is 22.7 Å². The predicted molar refractivity (Wildman–Crippen MR) is 171 cm³/mol. The first-order valence-corrected chi connectivity index (χ1v) is 15.4. The molecule has 0 unspecified atom stereocenters. The zero-order valence-electron chi connectivity index (χ0n) is 25.4. The van der Waals surface area contributed by atoms with Crippen LogP contribution in [0.4, 0.5) is 13.2 Å². The number of nitrogens with zero attached hydrogens (tertiary/aromatic N) is 3. The molecule has 0 aliphatic carbocycles. The van der Waals surface area contributed by atoms with Gasteiger partial charge in [-0.3, -0.25) is 4.79 Å². The van der Waals surface area contributed by atoms with E-state index in [1.807, 2.05) is 18.2 Å². The number of ketones is 1. The molecule has 4 rings (SSSR count). The molecule has 232 valence electrons. The van der Waals surface area contributed by atoms with Crippen molar-refractivity contribution in [2.45, 2.75) is 84.4 Å². The van der Waals surface area contributed by atoms with E-state index in [9.17, 15) is 18.0 Å². The van der Waals surface area contributed by atoms with Gasteiger partial charge in [-0.15, -0.1) is 18.3 Å². The number of carbonyl (C=O) groups is 1. The number of hydrogen-bond donors (Lipinski definition) is 0. The Hall–Kier alpha value is -3.85. The van der Waals surface area contributed by atoms with Gasteiger partial charge in [-0.05, 0) is 84.2 Å². The standard InChI is InChI=1S/C35H38F3N3O2S/c1-4-26-12-9-15-32(24(2)3)33(26)22-31(44)21-29(42)14-7-5-6-10-25-11-8-13-27(20-25)34-39-23-41(40-34)28-16-18-30(19-17-28)43-35(36,37)38/h8-9,11-13,15-20,23-24H,4-7,10,14,21-22H2,1-3H3. The topological polar surface area (TPSA) is 57.0 Å². The number of ether oxygens (including phenoxy) is 1. The number of aromatic nitrogens is 3. The van der Waals surface area contributed by atoms with Gasteiger partial charge in [0.2, 0.25) is 0 Å². The second-order valence-corrected chi connectivity index (χ2v) is 11.8. The average Bonchev–Trinajstić information content (AvgIpc) is 3.47. The lowest BCUT2D eigenvalue weighted by Gasteiger charge is -2.17. The summed E-state index contributed by atoms with van der Waals surface area (Å²) in [6.45, 7) is 6.54. The van der Waals surface area contributed by atoms with Crippen LogP contribution < -0.4 is 4.74 Å². The molecule has 1 heterocycles. The van der Waals surface area contributed by atoms with Crippen LogP contribution in [0.3, 0.4) is 0 Å². The zero-order valence-corrected chi connectivity index (χ0v) is 26.2. The number of benzene rings is 3. The van der Waals surface area contributed by atoms with Crippen molar-refractivity contribution in [3.63, 3.8) is 0 Å². The fourth-order valence-corrected chi connectivity index (χ4v) is 5.63. The molecule has 5 nitrogen and oxygen atoms in total. The summed E-state index contributed by atoms with van der Waals surface area (Å²) in [5.41, 5.74) is 6.49. The molecule has 0 atom stereocenters. The van der Waals surface area contributed by atoms with Gasteiger partial charge < -0.3 is 4.74 Å². The number of aryl methyl sites for hydroxylation is 2. The van der Waals surface area contributed by atoms with E-state index in [1.165, 1.54) is 52.0 Å². The molecule has 0 amide bonds. The Balaban J connectivity index is 1.22. The van der Waals surface area contributed by atoms with Gasteiger partial charge in [-0.25, -0.2) is 9.67 Å². The van der Waals surface area contributed by atoms with Crippen LogP contribution in [-0.4, -0.2) is 31.8 Å². The van der Waals surface area contributed by atoms with Gasteiger partial charge in [0.05, 0.1) is 5.69 Å². The van der Waals surface area contributed by atoms with Crippen molar-refractivity contribution in [1.29, 1.82) is 0 Å². The number of Topliss-reactive ketones (excluding diaryl/α,β-unsaturated/α-hetero) is 1. The first-order chi connectivity index (χ1) is 21.0. The van der Waals surface area contributed by atoms with Crippen LogP contribution in [0.1, 0.15) is 81.0 Å². The number of thiocarbonyl (C=S) groups is 1. The molecule has 0 saturated heterocycles. The summed E-state index contributed by atoms with van der Waals surface area (Å²) in [4.78, 5) is 17.9. The number of hydrogen-bond acceptors (Lipinski definition) is 5. The second-order valence-electron chi connectivity index (χ2n) is 11.2. The third-order valence-corrected chi connectivity index (χ3v) is 7.80. The first kappa shape index (κ1) is 33.1. The van der Waals surface area contributed by atoms with E-state index in [4.69, 9.17) is 12.2 Å². The number of carbonyl (C=O) groups excluding carboxylic acids is 1. The summed E-state index contributed by atoms with van der Waals surface area (Å²) < 4.78 is 42.7. The molecule has 9 heteroatoms.